The van der Waals surface area contributed by atoms with Gasteiger partial charge in [-0.2, -0.15) is 0 Å². The van der Waals surface area contributed by atoms with Crippen LogP contribution in [0.1, 0.15) is 33.6 Å². The number of hydrogen-bond donors (Lipinski definition) is 1. The monoisotopic (exact) mass is 420 g/mol. The van der Waals surface area contributed by atoms with E-state index in [0.717, 1.165) is 4.31 Å². The summed E-state index contributed by atoms with van der Waals surface area (Å²) in [5.41, 5.74) is 0.300. The lowest BCUT2D eigenvalue weighted by Crippen LogP contribution is -2.32. The molecule has 0 radical (unpaired) electrons. The van der Waals surface area contributed by atoms with Crippen molar-refractivity contribution in [2.24, 2.45) is 0 Å². The fourth-order valence-electron chi connectivity index (χ4n) is 3.02. The first kappa shape index (κ1) is 18.8. The molecule has 2 aromatic rings. The maximum atomic E-state index is 12.6. The second-order valence-corrected chi connectivity index (χ2v) is 8.83. The minimum Gasteiger partial charge on any atom is -0.492 e. The summed E-state index contributed by atoms with van der Waals surface area (Å²) in [5.74, 6) is -0.322. The average Bonchev–Trinajstić information content (AvgIpc) is 3.47. The number of nitrogens with zero attached hydrogens (tertiary/aromatic N) is 1. The van der Waals surface area contributed by atoms with Crippen molar-refractivity contribution in [1.82, 2.24) is 9.62 Å². The molecule has 2 aliphatic rings. The van der Waals surface area contributed by atoms with Gasteiger partial charge < -0.3 is 10.1 Å². The fraction of sp³-hybridized carbons (Fsp3) is 0.263. The average molecular weight is 421 g/mol. The summed E-state index contributed by atoms with van der Waals surface area (Å²) in [5, 5.41) is 3.28. The molecule has 7 nitrogen and oxygen atoms in total. The summed E-state index contributed by atoms with van der Waals surface area (Å²) < 4.78 is 31.7. The second kappa shape index (κ2) is 7.10. The molecule has 146 valence electrons. The van der Waals surface area contributed by atoms with Crippen molar-refractivity contribution in [1.29, 1.82) is 0 Å². The van der Waals surface area contributed by atoms with Gasteiger partial charge in [0.25, 0.3) is 21.8 Å². The molecule has 1 heterocycles. The zero-order valence-electron chi connectivity index (χ0n) is 14.7. The highest BCUT2D eigenvalue weighted by molar-refractivity contribution is 7.90. The number of sulfonamides is 1. The van der Waals surface area contributed by atoms with Crippen LogP contribution in [-0.2, 0) is 10.0 Å². The SMILES string of the molecule is O=C(NCCOc1ccc(Cl)cc1)c1ccc2c(c1)S(=O)(=O)N(C1CC1)C2=O. The van der Waals surface area contributed by atoms with Crippen LogP contribution in [0.15, 0.2) is 47.4 Å². The van der Waals surface area contributed by atoms with Crippen LogP contribution >= 0.6 is 11.6 Å². The van der Waals surface area contributed by atoms with Gasteiger partial charge in [-0.1, -0.05) is 11.6 Å². The van der Waals surface area contributed by atoms with Gasteiger partial charge in [0.2, 0.25) is 0 Å². The Hall–Kier alpha value is -2.58. The van der Waals surface area contributed by atoms with Crippen LogP contribution in [-0.4, -0.2) is 43.7 Å². The van der Waals surface area contributed by atoms with Crippen LogP contribution in [0.25, 0.3) is 0 Å². The van der Waals surface area contributed by atoms with E-state index in [1.54, 1.807) is 24.3 Å². The number of ether oxygens (including phenoxy) is 1. The quantitative estimate of drug-likeness (QED) is 0.724. The molecule has 1 aliphatic heterocycles. The van der Waals surface area contributed by atoms with E-state index in [-0.39, 0.29) is 35.2 Å². The molecule has 0 spiro atoms. The van der Waals surface area contributed by atoms with Gasteiger partial charge in [0.15, 0.2) is 0 Å². The Labute approximate surface area is 167 Å². The summed E-state index contributed by atoms with van der Waals surface area (Å²) >= 11 is 5.80. The molecule has 1 aliphatic carbocycles. The third-order valence-corrected chi connectivity index (χ3v) is 6.69. The number of fused-ring (bicyclic) bond motifs is 1. The molecule has 0 atom stereocenters. The van der Waals surface area contributed by atoms with Gasteiger partial charge in [-0.3, -0.25) is 9.59 Å². The third-order valence-electron chi connectivity index (χ3n) is 4.56. The van der Waals surface area contributed by atoms with E-state index in [0.29, 0.717) is 23.6 Å². The van der Waals surface area contributed by atoms with E-state index in [4.69, 9.17) is 16.3 Å². The topological polar surface area (TPSA) is 92.8 Å². The molecule has 0 saturated heterocycles. The van der Waals surface area contributed by atoms with E-state index < -0.39 is 21.8 Å². The largest absolute Gasteiger partial charge is 0.492 e. The Bertz CT molecular complexity index is 1050. The number of carbonyl (C=O) groups excluding carboxylic acids is 2. The maximum Gasteiger partial charge on any atom is 0.269 e. The van der Waals surface area contributed by atoms with Crippen molar-refractivity contribution in [3.05, 3.63) is 58.6 Å². The van der Waals surface area contributed by atoms with Crippen molar-refractivity contribution in [3.63, 3.8) is 0 Å². The minimum atomic E-state index is -3.88. The highest BCUT2D eigenvalue weighted by Crippen LogP contribution is 2.39. The molecule has 2 amide bonds. The summed E-state index contributed by atoms with van der Waals surface area (Å²) in [4.78, 5) is 24.6. The molecule has 0 aromatic heterocycles. The number of nitrogens with one attached hydrogen (secondary N) is 1. The first-order valence-electron chi connectivity index (χ1n) is 8.77. The zero-order chi connectivity index (χ0) is 19.9. The number of carbonyl (C=O) groups is 2. The summed E-state index contributed by atoms with van der Waals surface area (Å²) in [6.45, 7) is 0.475. The summed E-state index contributed by atoms with van der Waals surface area (Å²) in [7, 11) is -3.88. The smallest absolute Gasteiger partial charge is 0.269 e. The number of rotatable bonds is 6. The Balaban J connectivity index is 1.40. The first-order valence-corrected chi connectivity index (χ1v) is 10.6. The standard InChI is InChI=1S/C19H17ClN2O5S/c20-13-2-6-15(7-3-13)27-10-9-21-18(23)12-1-8-16-17(11-12)28(25,26)22(19(16)24)14-4-5-14/h1-3,6-8,11,14H,4-5,9-10H2,(H,21,23). The molecule has 1 N–H and O–H groups in total. The van der Waals surface area contributed by atoms with Crippen LogP contribution in [0.2, 0.25) is 5.02 Å². The normalized spacial score (nSPS) is 17.3. The zero-order valence-corrected chi connectivity index (χ0v) is 16.3. The van der Waals surface area contributed by atoms with Crippen LogP contribution < -0.4 is 10.1 Å². The van der Waals surface area contributed by atoms with E-state index >= 15 is 0 Å². The van der Waals surface area contributed by atoms with Crippen molar-refractivity contribution in [3.8, 4) is 5.75 Å². The number of amides is 2. The molecule has 4 rings (SSSR count). The van der Waals surface area contributed by atoms with Gasteiger partial charge in [-0.15, -0.1) is 0 Å². The molecule has 1 fully saturated rings. The number of halogens is 1. The molecule has 2 aromatic carbocycles. The molecule has 0 bridgehead atoms. The summed E-state index contributed by atoms with van der Waals surface area (Å²) in [6, 6.07) is 10.7. The highest BCUT2D eigenvalue weighted by atomic mass is 35.5. The molecule has 1 saturated carbocycles. The molecule has 9 heteroatoms. The fourth-order valence-corrected chi connectivity index (χ4v) is 4.99. The van der Waals surface area contributed by atoms with Crippen molar-refractivity contribution >= 4 is 33.4 Å². The van der Waals surface area contributed by atoms with Crippen LogP contribution in [0.5, 0.6) is 5.75 Å². The van der Waals surface area contributed by atoms with Gasteiger partial charge in [-0.05, 0) is 55.3 Å². The van der Waals surface area contributed by atoms with Gasteiger partial charge in [0.1, 0.15) is 17.3 Å². The Morgan fingerprint density at radius 1 is 1.18 bits per heavy atom. The number of benzene rings is 2. The predicted octanol–water partition coefficient (Wildman–Crippen LogP) is 2.46. The molecule has 28 heavy (non-hydrogen) atoms. The molecule has 0 unspecified atom stereocenters. The van der Waals surface area contributed by atoms with E-state index in [9.17, 15) is 18.0 Å². The molecular weight excluding hydrogens is 404 g/mol. The first-order chi connectivity index (χ1) is 13.4. The van der Waals surface area contributed by atoms with Crippen molar-refractivity contribution in [2.75, 3.05) is 13.2 Å². The van der Waals surface area contributed by atoms with E-state index in [1.165, 1.54) is 18.2 Å². The van der Waals surface area contributed by atoms with Crippen LogP contribution in [0.4, 0.5) is 0 Å². The van der Waals surface area contributed by atoms with Gasteiger partial charge >= 0.3 is 0 Å². The van der Waals surface area contributed by atoms with Crippen molar-refractivity contribution < 1.29 is 22.7 Å². The van der Waals surface area contributed by atoms with Crippen LogP contribution in [0.3, 0.4) is 0 Å². The van der Waals surface area contributed by atoms with Gasteiger partial charge in [0.05, 0.1) is 12.1 Å². The summed E-state index contributed by atoms with van der Waals surface area (Å²) in [6.07, 6.45) is 1.36. The third kappa shape index (κ3) is 3.45. The Morgan fingerprint density at radius 2 is 1.89 bits per heavy atom. The van der Waals surface area contributed by atoms with E-state index in [1.807, 2.05) is 0 Å². The van der Waals surface area contributed by atoms with Crippen LogP contribution in [0, 0.1) is 0 Å². The second-order valence-electron chi connectivity index (χ2n) is 6.61. The molecular formula is C19H17ClN2O5S. The van der Waals surface area contributed by atoms with Gasteiger partial charge in [-0.25, -0.2) is 12.7 Å². The Kier molecular flexibility index (Phi) is 4.76. The van der Waals surface area contributed by atoms with Gasteiger partial charge in [0, 0.05) is 16.6 Å². The Morgan fingerprint density at radius 3 is 2.57 bits per heavy atom. The lowest BCUT2D eigenvalue weighted by molar-refractivity contribution is 0.0863. The maximum absolute atomic E-state index is 12.6. The number of hydrogen-bond acceptors (Lipinski definition) is 5. The van der Waals surface area contributed by atoms with E-state index in [2.05, 4.69) is 5.32 Å². The van der Waals surface area contributed by atoms with Crippen molar-refractivity contribution in [2.45, 2.75) is 23.8 Å². The highest BCUT2D eigenvalue weighted by Gasteiger charge is 2.48. The lowest BCUT2D eigenvalue weighted by Gasteiger charge is -2.13. The predicted molar refractivity (Wildman–Crippen MR) is 102 cm³/mol. The lowest BCUT2D eigenvalue weighted by atomic mass is 10.1. The minimum absolute atomic E-state index is 0.102.